The summed E-state index contributed by atoms with van der Waals surface area (Å²) in [7, 11) is 0. The summed E-state index contributed by atoms with van der Waals surface area (Å²) < 4.78 is 0. The van der Waals surface area contributed by atoms with Crippen LogP contribution in [0.4, 0.5) is 0 Å². The van der Waals surface area contributed by atoms with Gasteiger partial charge >= 0.3 is 0 Å². The zero-order valence-electron chi connectivity index (χ0n) is 8.28. The molecule has 1 atom stereocenters. The number of hydrogen-bond donors (Lipinski definition) is 1. The minimum atomic E-state index is 0.0830. The lowest BCUT2D eigenvalue weighted by atomic mass is 9.92. The summed E-state index contributed by atoms with van der Waals surface area (Å²) >= 11 is 3.37. The topological polar surface area (TPSA) is 29.1 Å². The van der Waals surface area contributed by atoms with Crippen LogP contribution in [-0.2, 0) is 4.79 Å². The van der Waals surface area contributed by atoms with Gasteiger partial charge in [0.25, 0.3) is 0 Å². The number of carbonyl (C=O) groups excluding carboxylic acids is 1. The van der Waals surface area contributed by atoms with Crippen LogP contribution in [0.25, 0.3) is 0 Å². The fourth-order valence-electron chi connectivity index (χ4n) is 0.799. The Morgan fingerprint density at radius 1 is 1.50 bits per heavy atom. The molecule has 72 valence electrons. The van der Waals surface area contributed by atoms with Crippen LogP contribution in [0.5, 0.6) is 0 Å². The van der Waals surface area contributed by atoms with E-state index in [1.807, 2.05) is 6.92 Å². The molecule has 0 aliphatic heterocycles. The maximum absolute atomic E-state index is 11.2. The average Bonchev–Trinajstić information content (AvgIpc) is 1.79. The van der Waals surface area contributed by atoms with Gasteiger partial charge in [-0.05, 0) is 5.41 Å². The van der Waals surface area contributed by atoms with E-state index in [9.17, 15) is 4.79 Å². The van der Waals surface area contributed by atoms with E-state index in [1.54, 1.807) is 0 Å². The van der Waals surface area contributed by atoms with Gasteiger partial charge in [0.05, 0.1) is 0 Å². The Bertz CT molecular complexity index is 149. The van der Waals surface area contributed by atoms with Crippen molar-refractivity contribution in [2.24, 2.45) is 5.41 Å². The lowest BCUT2D eigenvalue weighted by Gasteiger charge is -2.17. The molecule has 0 aromatic carbocycles. The third kappa shape index (κ3) is 8.05. The smallest absolute Gasteiger partial charge is 0.220 e. The second kappa shape index (κ2) is 4.85. The highest BCUT2D eigenvalue weighted by Crippen LogP contribution is 2.17. The highest BCUT2D eigenvalue weighted by atomic mass is 79.9. The third-order valence-corrected chi connectivity index (χ3v) is 1.60. The van der Waals surface area contributed by atoms with E-state index in [1.165, 1.54) is 0 Å². The van der Waals surface area contributed by atoms with Crippen LogP contribution >= 0.6 is 15.9 Å². The first-order valence-electron chi connectivity index (χ1n) is 4.22. The molecule has 1 amide bonds. The predicted molar refractivity (Wildman–Crippen MR) is 55.5 cm³/mol. The highest BCUT2D eigenvalue weighted by molar-refractivity contribution is 9.09. The SMILES string of the molecule is CC(Br)CNC(=O)CC(C)(C)C. The van der Waals surface area contributed by atoms with Gasteiger partial charge < -0.3 is 5.32 Å². The van der Waals surface area contributed by atoms with Crippen LogP contribution < -0.4 is 5.32 Å². The number of rotatable bonds is 3. The molecular formula is C9H18BrNO. The molecule has 0 radical (unpaired) electrons. The largest absolute Gasteiger partial charge is 0.355 e. The quantitative estimate of drug-likeness (QED) is 0.748. The summed E-state index contributed by atoms with van der Waals surface area (Å²) in [6.07, 6.45) is 0.590. The first kappa shape index (κ1) is 11.9. The van der Waals surface area contributed by atoms with E-state index in [4.69, 9.17) is 0 Å². The molecule has 0 fully saturated rings. The van der Waals surface area contributed by atoms with Crippen LogP contribution in [0.3, 0.4) is 0 Å². The number of carbonyl (C=O) groups is 1. The Balaban J connectivity index is 3.61. The molecule has 12 heavy (non-hydrogen) atoms. The highest BCUT2D eigenvalue weighted by Gasteiger charge is 2.15. The summed E-state index contributed by atoms with van der Waals surface area (Å²) in [5, 5.41) is 2.85. The summed E-state index contributed by atoms with van der Waals surface area (Å²) in [6.45, 7) is 8.89. The number of hydrogen-bond acceptors (Lipinski definition) is 1. The minimum absolute atomic E-state index is 0.0830. The predicted octanol–water partition coefficient (Wildman–Crippen LogP) is 2.32. The van der Waals surface area contributed by atoms with Gasteiger partial charge in [-0.1, -0.05) is 43.6 Å². The van der Waals surface area contributed by atoms with E-state index in [0.717, 1.165) is 0 Å². The molecule has 2 nitrogen and oxygen atoms in total. The lowest BCUT2D eigenvalue weighted by molar-refractivity contribution is -0.122. The average molecular weight is 236 g/mol. The number of nitrogens with one attached hydrogen (secondary N) is 1. The van der Waals surface area contributed by atoms with Gasteiger partial charge in [-0.3, -0.25) is 4.79 Å². The van der Waals surface area contributed by atoms with Crippen LogP contribution in [0, 0.1) is 5.41 Å². The summed E-state index contributed by atoms with van der Waals surface area (Å²) in [5.74, 6) is 0.133. The van der Waals surface area contributed by atoms with E-state index < -0.39 is 0 Å². The Morgan fingerprint density at radius 2 is 2.00 bits per heavy atom. The molecule has 0 aromatic heterocycles. The van der Waals surface area contributed by atoms with Crippen molar-refractivity contribution in [3.8, 4) is 0 Å². The third-order valence-electron chi connectivity index (χ3n) is 1.27. The molecule has 0 heterocycles. The van der Waals surface area contributed by atoms with E-state index >= 15 is 0 Å². The van der Waals surface area contributed by atoms with Gasteiger partial charge in [0.1, 0.15) is 0 Å². The monoisotopic (exact) mass is 235 g/mol. The van der Waals surface area contributed by atoms with E-state index in [0.29, 0.717) is 17.8 Å². The van der Waals surface area contributed by atoms with Crippen molar-refractivity contribution in [3.63, 3.8) is 0 Å². The first-order chi connectivity index (χ1) is 5.31. The Labute approximate surface area is 83.2 Å². The molecule has 0 aliphatic rings. The van der Waals surface area contributed by atoms with Crippen LogP contribution in [-0.4, -0.2) is 17.3 Å². The lowest BCUT2D eigenvalue weighted by Crippen LogP contribution is -2.31. The summed E-state index contributed by atoms with van der Waals surface area (Å²) in [5.41, 5.74) is 0.0830. The Hall–Kier alpha value is -0.0500. The van der Waals surface area contributed by atoms with Gasteiger partial charge in [0.2, 0.25) is 5.91 Å². The van der Waals surface area contributed by atoms with Crippen molar-refractivity contribution in [2.45, 2.75) is 38.9 Å². The molecule has 0 saturated carbocycles. The Morgan fingerprint density at radius 3 is 2.33 bits per heavy atom. The molecule has 3 heteroatoms. The van der Waals surface area contributed by atoms with Gasteiger partial charge in [-0.15, -0.1) is 0 Å². The van der Waals surface area contributed by atoms with E-state index in [-0.39, 0.29) is 11.3 Å². The first-order valence-corrected chi connectivity index (χ1v) is 5.13. The van der Waals surface area contributed by atoms with Crippen molar-refractivity contribution in [1.29, 1.82) is 0 Å². The van der Waals surface area contributed by atoms with Gasteiger partial charge in [-0.25, -0.2) is 0 Å². The Kier molecular flexibility index (Phi) is 4.83. The van der Waals surface area contributed by atoms with Gasteiger partial charge in [0.15, 0.2) is 0 Å². The zero-order chi connectivity index (χ0) is 9.78. The van der Waals surface area contributed by atoms with Crippen molar-refractivity contribution in [1.82, 2.24) is 5.32 Å². The molecule has 0 rings (SSSR count). The zero-order valence-corrected chi connectivity index (χ0v) is 9.86. The van der Waals surface area contributed by atoms with Crippen molar-refractivity contribution in [2.75, 3.05) is 6.54 Å². The fraction of sp³-hybridized carbons (Fsp3) is 0.889. The van der Waals surface area contributed by atoms with Crippen molar-refractivity contribution in [3.05, 3.63) is 0 Å². The molecule has 0 aromatic rings. The molecular weight excluding hydrogens is 218 g/mol. The van der Waals surface area contributed by atoms with Crippen LogP contribution in [0.1, 0.15) is 34.1 Å². The second-order valence-corrected chi connectivity index (χ2v) is 5.89. The summed E-state index contributed by atoms with van der Waals surface area (Å²) in [4.78, 5) is 11.6. The molecule has 0 bridgehead atoms. The second-order valence-electron chi connectivity index (χ2n) is 4.32. The molecule has 0 aliphatic carbocycles. The summed E-state index contributed by atoms with van der Waals surface area (Å²) in [6, 6.07) is 0. The molecule has 0 spiro atoms. The normalized spacial score (nSPS) is 14.1. The molecule has 1 unspecified atom stereocenters. The van der Waals surface area contributed by atoms with Crippen LogP contribution in [0.2, 0.25) is 0 Å². The molecule has 0 saturated heterocycles. The molecule has 1 N–H and O–H groups in total. The fourth-order valence-corrected chi connectivity index (χ4v) is 0.961. The van der Waals surface area contributed by atoms with Gasteiger partial charge in [-0.2, -0.15) is 0 Å². The van der Waals surface area contributed by atoms with E-state index in [2.05, 4.69) is 42.0 Å². The minimum Gasteiger partial charge on any atom is -0.355 e. The van der Waals surface area contributed by atoms with Crippen molar-refractivity contribution >= 4 is 21.8 Å². The van der Waals surface area contributed by atoms with Crippen LogP contribution in [0.15, 0.2) is 0 Å². The maximum atomic E-state index is 11.2. The number of amides is 1. The van der Waals surface area contributed by atoms with Gasteiger partial charge in [0, 0.05) is 17.8 Å². The number of alkyl halides is 1. The number of halogens is 1. The standard InChI is InChI=1S/C9H18BrNO/c1-7(10)6-11-8(12)5-9(2,3)4/h7H,5-6H2,1-4H3,(H,11,12). The van der Waals surface area contributed by atoms with Crippen molar-refractivity contribution < 1.29 is 4.79 Å². The maximum Gasteiger partial charge on any atom is 0.220 e.